The number of thioether (sulfide) groups is 1. The van der Waals surface area contributed by atoms with Gasteiger partial charge in [-0.3, -0.25) is 0 Å². The van der Waals surface area contributed by atoms with Crippen LogP contribution in [0.2, 0.25) is 0 Å². The summed E-state index contributed by atoms with van der Waals surface area (Å²) in [6, 6.07) is 0. The van der Waals surface area contributed by atoms with E-state index in [1.54, 1.807) is 11.3 Å². The Kier molecular flexibility index (Phi) is 3.91. The largest absolute Gasteiger partial charge is 0.391 e. The van der Waals surface area contributed by atoms with Gasteiger partial charge in [0.2, 0.25) is 0 Å². The summed E-state index contributed by atoms with van der Waals surface area (Å²) in [6.07, 6.45) is 3.72. The topological polar surface area (TPSA) is 80.2 Å². The van der Waals surface area contributed by atoms with Crippen molar-refractivity contribution >= 4 is 43.2 Å². The van der Waals surface area contributed by atoms with E-state index < -0.39 is 15.9 Å². The van der Waals surface area contributed by atoms with E-state index in [0.717, 1.165) is 28.1 Å². The Morgan fingerprint density at radius 3 is 2.74 bits per heavy atom. The van der Waals surface area contributed by atoms with Crippen molar-refractivity contribution in [1.29, 1.82) is 0 Å². The molecule has 1 saturated heterocycles. The third-order valence-corrected chi connectivity index (χ3v) is 8.84. The van der Waals surface area contributed by atoms with Crippen molar-refractivity contribution in [2.75, 3.05) is 11.5 Å². The van der Waals surface area contributed by atoms with Crippen molar-refractivity contribution < 1.29 is 13.5 Å². The van der Waals surface area contributed by atoms with Crippen LogP contribution in [0.25, 0.3) is 10.2 Å². The molecular formula is C15H18N2O3S3. The Morgan fingerprint density at radius 2 is 2.00 bits per heavy atom. The molecule has 5 nitrogen and oxygen atoms in total. The van der Waals surface area contributed by atoms with E-state index in [0.29, 0.717) is 5.82 Å². The number of aliphatic hydroxyl groups is 1. The molecule has 4 rings (SSSR count). The first-order valence-electron chi connectivity index (χ1n) is 7.77. The second-order valence-electron chi connectivity index (χ2n) is 6.27. The van der Waals surface area contributed by atoms with E-state index in [2.05, 4.69) is 9.97 Å². The molecule has 2 aliphatic rings. The minimum Gasteiger partial charge on any atom is -0.391 e. The summed E-state index contributed by atoms with van der Waals surface area (Å²) in [6.45, 7) is 1.87. The molecule has 2 aromatic rings. The monoisotopic (exact) mass is 370 g/mol. The zero-order valence-electron chi connectivity index (χ0n) is 12.8. The van der Waals surface area contributed by atoms with Crippen molar-refractivity contribution in [1.82, 2.24) is 9.97 Å². The van der Waals surface area contributed by atoms with E-state index >= 15 is 0 Å². The highest BCUT2D eigenvalue weighted by Crippen LogP contribution is 2.41. The molecule has 0 radical (unpaired) electrons. The van der Waals surface area contributed by atoms with Gasteiger partial charge in [0.1, 0.15) is 15.7 Å². The van der Waals surface area contributed by atoms with Crippen LogP contribution in [-0.2, 0) is 22.7 Å². The molecule has 2 aromatic heterocycles. The molecule has 0 saturated carbocycles. The Labute approximate surface area is 143 Å². The molecule has 0 unspecified atom stereocenters. The van der Waals surface area contributed by atoms with E-state index in [1.807, 2.05) is 6.92 Å². The van der Waals surface area contributed by atoms with Gasteiger partial charge in [0, 0.05) is 10.3 Å². The van der Waals surface area contributed by atoms with Crippen LogP contribution in [0.4, 0.5) is 0 Å². The molecule has 0 bridgehead atoms. The average Bonchev–Trinajstić information content (AvgIpc) is 2.95. The first-order valence-corrected chi connectivity index (χ1v) is 11.3. The number of sulfone groups is 1. The van der Waals surface area contributed by atoms with E-state index in [4.69, 9.17) is 0 Å². The number of fused-ring (bicyclic) bond motifs is 3. The maximum absolute atomic E-state index is 11.8. The Bertz CT molecular complexity index is 876. The minimum absolute atomic E-state index is 0.0235. The molecule has 3 heterocycles. The summed E-state index contributed by atoms with van der Waals surface area (Å²) in [4.78, 5) is 11.6. The van der Waals surface area contributed by atoms with Crippen molar-refractivity contribution in [3.05, 3.63) is 16.3 Å². The maximum atomic E-state index is 11.8. The van der Waals surface area contributed by atoms with Crippen LogP contribution in [0.5, 0.6) is 0 Å². The van der Waals surface area contributed by atoms with Gasteiger partial charge >= 0.3 is 0 Å². The molecule has 1 fully saturated rings. The maximum Gasteiger partial charge on any atom is 0.154 e. The lowest BCUT2D eigenvalue weighted by atomic mass is 9.97. The van der Waals surface area contributed by atoms with Crippen molar-refractivity contribution in [3.63, 3.8) is 0 Å². The van der Waals surface area contributed by atoms with E-state index in [-0.39, 0.29) is 16.8 Å². The summed E-state index contributed by atoms with van der Waals surface area (Å²) in [5.74, 6) is 0.587. The van der Waals surface area contributed by atoms with Crippen LogP contribution in [0, 0.1) is 6.92 Å². The fourth-order valence-corrected chi connectivity index (χ4v) is 8.43. The lowest BCUT2D eigenvalue weighted by Gasteiger charge is -2.15. The van der Waals surface area contributed by atoms with E-state index in [1.165, 1.54) is 35.0 Å². The number of aryl methyl sites for hydroxylation is 3. The molecule has 1 aliphatic carbocycles. The third kappa shape index (κ3) is 2.90. The fraction of sp³-hybridized carbons (Fsp3) is 0.600. The highest BCUT2D eigenvalue weighted by molar-refractivity contribution is 8.02. The Balaban J connectivity index is 1.79. The summed E-state index contributed by atoms with van der Waals surface area (Å²) in [5.41, 5.74) is 1.34. The van der Waals surface area contributed by atoms with Crippen LogP contribution in [0.15, 0.2) is 5.03 Å². The minimum atomic E-state index is -3.14. The average molecular weight is 371 g/mol. The van der Waals surface area contributed by atoms with Crippen LogP contribution in [0.1, 0.15) is 29.1 Å². The quantitative estimate of drug-likeness (QED) is 0.816. The van der Waals surface area contributed by atoms with Gasteiger partial charge in [-0.25, -0.2) is 18.4 Å². The number of rotatable bonds is 2. The predicted octanol–water partition coefficient (Wildman–Crippen LogP) is 2.13. The second kappa shape index (κ2) is 5.68. The highest BCUT2D eigenvalue weighted by Gasteiger charge is 2.38. The Morgan fingerprint density at radius 1 is 1.22 bits per heavy atom. The van der Waals surface area contributed by atoms with Gasteiger partial charge in [0.25, 0.3) is 0 Å². The summed E-state index contributed by atoms with van der Waals surface area (Å²) in [5, 5.41) is 11.7. The van der Waals surface area contributed by atoms with Crippen LogP contribution in [-0.4, -0.2) is 46.4 Å². The number of hydrogen-bond donors (Lipinski definition) is 1. The smallest absolute Gasteiger partial charge is 0.154 e. The number of hydrogen-bond acceptors (Lipinski definition) is 7. The fourth-order valence-electron chi connectivity index (χ4n) is 3.36. The summed E-state index contributed by atoms with van der Waals surface area (Å²) >= 11 is 3.15. The van der Waals surface area contributed by atoms with Gasteiger partial charge in [-0.05, 0) is 38.2 Å². The Hall–Kier alpha value is -0.700. The molecule has 0 amide bonds. The number of nitrogens with zero attached hydrogens (tertiary/aromatic N) is 2. The molecule has 0 aromatic carbocycles. The lowest BCUT2D eigenvalue weighted by Crippen LogP contribution is -2.20. The number of aromatic nitrogens is 2. The normalized spacial score (nSPS) is 26.5. The van der Waals surface area contributed by atoms with Crippen LogP contribution < -0.4 is 0 Å². The van der Waals surface area contributed by atoms with Gasteiger partial charge in [-0.2, -0.15) is 0 Å². The molecule has 8 heteroatoms. The molecule has 1 aliphatic heterocycles. The molecule has 23 heavy (non-hydrogen) atoms. The van der Waals surface area contributed by atoms with Gasteiger partial charge in [0.05, 0.1) is 22.9 Å². The number of thiophene rings is 1. The molecule has 1 N–H and O–H groups in total. The third-order valence-electron chi connectivity index (χ3n) is 4.43. The lowest BCUT2D eigenvalue weighted by molar-refractivity contribution is 0.207. The molecular weight excluding hydrogens is 352 g/mol. The molecule has 124 valence electrons. The predicted molar refractivity (Wildman–Crippen MR) is 93.1 cm³/mol. The van der Waals surface area contributed by atoms with Gasteiger partial charge < -0.3 is 5.11 Å². The second-order valence-corrected chi connectivity index (χ2v) is 10.7. The molecule has 0 spiro atoms. The number of aliphatic hydroxyl groups excluding tert-OH is 1. The van der Waals surface area contributed by atoms with Gasteiger partial charge in [-0.15, -0.1) is 11.3 Å². The molecule has 2 atom stereocenters. The zero-order chi connectivity index (χ0) is 16.2. The standard InChI is InChI=1S/C15H18N2O3S3/c1-8-16-14-13(9-4-2-3-5-11(9)21-14)15(17-8)22-12-7-23(19,20)6-10(12)18/h10,12,18H,2-7H2,1H3/t10-,12+/m0/s1. The van der Waals surface area contributed by atoms with E-state index in [9.17, 15) is 13.5 Å². The zero-order valence-corrected chi connectivity index (χ0v) is 15.2. The summed E-state index contributed by atoms with van der Waals surface area (Å²) in [7, 11) is -3.14. The van der Waals surface area contributed by atoms with Crippen molar-refractivity contribution in [2.45, 2.75) is 49.0 Å². The van der Waals surface area contributed by atoms with Crippen molar-refractivity contribution in [2.24, 2.45) is 0 Å². The van der Waals surface area contributed by atoms with Gasteiger partial charge in [0.15, 0.2) is 9.84 Å². The first kappa shape index (κ1) is 15.8. The highest BCUT2D eigenvalue weighted by atomic mass is 32.2. The first-order chi connectivity index (χ1) is 10.9. The van der Waals surface area contributed by atoms with Crippen LogP contribution >= 0.6 is 23.1 Å². The van der Waals surface area contributed by atoms with Crippen molar-refractivity contribution in [3.8, 4) is 0 Å². The van der Waals surface area contributed by atoms with Crippen LogP contribution in [0.3, 0.4) is 0 Å². The summed E-state index contributed by atoms with van der Waals surface area (Å²) < 4.78 is 23.5. The SMILES string of the molecule is Cc1nc(S[C@@H]2CS(=O)(=O)C[C@@H]2O)c2c3c(sc2n1)CCCC3. The van der Waals surface area contributed by atoms with Gasteiger partial charge in [-0.1, -0.05) is 11.8 Å².